The monoisotopic (exact) mass is 386 g/mol. The maximum absolute atomic E-state index is 6.06. The highest BCUT2D eigenvalue weighted by Gasteiger charge is 2.22. The number of thiazole rings is 1. The molecule has 0 amide bonds. The van der Waals surface area contributed by atoms with E-state index < -0.39 is 0 Å². The zero-order valence-corrected chi connectivity index (χ0v) is 16.2. The molecule has 0 saturated carbocycles. The number of oxazole rings is 1. The van der Waals surface area contributed by atoms with Crippen LogP contribution >= 0.6 is 11.3 Å². The van der Waals surface area contributed by atoms with Crippen molar-refractivity contribution in [2.24, 2.45) is 7.05 Å². The Morgan fingerprint density at radius 2 is 1.96 bits per heavy atom. The van der Waals surface area contributed by atoms with Crippen LogP contribution in [0.25, 0.3) is 33.1 Å². The lowest BCUT2D eigenvalue weighted by molar-refractivity contribution is 0.555. The molecule has 4 heterocycles. The molecule has 138 valence electrons. The number of hydrogen-bond acceptors (Lipinski definition) is 5. The highest BCUT2D eigenvalue weighted by molar-refractivity contribution is 7.09. The smallest absolute Gasteiger partial charge is 0.298 e. The highest BCUT2D eigenvalue weighted by atomic mass is 32.1. The lowest BCUT2D eigenvalue weighted by Gasteiger charge is -2.24. The number of benzene rings is 2. The Labute approximate surface area is 165 Å². The Hall–Kier alpha value is -3.12. The Balaban J connectivity index is 1.36. The second-order valence-corrected chi connectivity index (χ2v) is 8.21. The molecule has 6 heteroatoms. The number of fused-ring (bicyclic) bond motifs is 3. The van der Waals surface area contributed by atoms with Gasteiger partial charge in [-0.3, -0.25) is 0 Å². The van der Waals surface area contributed by atoms with Gasteiger partial charge < -0.3 is 13.9 Å². The molecule has 2 aromatic carbocycles. The van der Waals surface area contributed by atoms with Crippen molar-refractivity contribution < 1.29 is 4.42 Å². The molecule has 28 heavy (non-hydrogen) atoms. The van der Waals surface area contributed by atoms with Crippen molar-refractivity contribution in [1.82, 2.24) is 14.5 Å². The summed E-state index contributed by atoms with van der Waals surface area (Å²) < 4.78 is 8.20. The molecule has 5 nitrogen and oxygen atoms in total. The third kappa shape index (κ3) is 2.45. The fourth-order valence-corrected chi connectivity index (χ4v) is 4.80. The summed E-state index contributed by atoms with van der Waals surface area (Å²) in [7, 11) is 2.07. The highest BCUT2D eigenvalue weighted by Crippen LogP contribution is 2.31. The van der Waals surface area contributed by atoms with Gasteiger partial charge in [0.25, 0.3) is 6.01 Å². The van der Waals surface area contributed by atoms with Crippen LogP contribution in [0.4, 0.5) is 6.01 Å². The molecule has 0 saturated heterocycles. The molecule has 6 rings (SSSR count). The summed E-state index contributed by atoms with van der Waals surface area (Å²) in [5, 5.41) is 1.25. The van der Waals surface area contributed by atoms with Crippen molar-refractivity contribution >= 4 is 39.4 Å². The number of nitrogens with zero attached hydrogens (tertiary/aromatic N) is 4. The molecule has 0 radical (unpaired) electrons. The molecule has 0 aliphatic carbocycles. The largest absolute Gasteiger partial charge is 0.423 e. The minimum atomic E-state index is 0.699. The quantitative estimate of drug-likeness (QED) is 0.428. The summed E-state index contributed by atoms with van der Waals surface area (Å²) >= 11 is 1.71. The van der Waals surface area contributed by atoms with Gasteiger partial charge in [0.1, 0.15) is 5.52 Å². The molecule has 0 atom stereocenters. The standard InChI is InChI=1S/C22H18N4OS/c1-25-8-6-16-10-14(2-4-19(16)25)15-3-5-20-18(11-15)24-22(27-20)26-9-7-17-21(12-26)28-13-23-17/h2-6,8,10-11,13H,7,9,12H2,1H3. The predicted octanol–water partition coefficient (Wildman–Crippen LogP) is 5.01. The Kier molecular flexibility index (Phi) is 3.37. The maximum atomic E-state index is 6.06. The van der Waals surface area contributed by atoms with Gasteiger partial charge in [0, 0.05) is 42.0 Å². The molecule has 5 aromatic rings. The molecular weight excluding hydrogens is 368 g/mol. The second-order valence-electron chi connectivity index (χ2n) is 7.27. The van der Waals surface area contributed by atoms with Crippen LogP contribution in [0.3, 0.4) is 0 Å². The van der Waals surface area contributed by atoms with E-state index in [1.165, 1.54) is 27.0 Å². The zero-order valence-electron chi connectivity index (χ0n) is 15.4. The first-order valence-corrected chi connectivity index (χ1v) is 10.2. The van der Waals surface area contributed by atoms with E-state index >= 15 is 0 Å². The second kappa shape index (κ2) is 5.94. The van der Waals surface area contributed by atoms with E-state index in [1.54, 1.807) is 11.3 Å². The summed E-state index contributed by atoms with van der Waals surface area (Å²) in [6.45, 7) is 1.71. The van der Waals surface area contributed by atoms with Crippen LogP contribution in [0.15, 0.2) is 58.6 Å². The van der Waals surface area contributed by atoms with Crippen LogP contribution in [0, 0.1) is 0 Å². The zero-order chi connectivity index (χ0) is 18.7. The predicted molar refractivity (Wildman–Crippen MR) is 113 cm³/mol. The van der Waals surface area contributed by atoms with Crippen LogP contribution in [0.1, 0.15) is 10.6 Å². The SMILES string of the molecule is Cn1ccc2cc(-c3ccc4oc(N5CCc6ncsc6C5)nc4c3)ccc21. The Bertz CT molecular complexity index is 1330. The van der Waals surface area contributed by atoms with Gasteiger partial charge in [0.2, 0.25) is 0 Å². The molecule has 1 aliphatic rings. The fourth-order valence-electron chi connectivity index (χ4n) is 3.97. The summed E-state index contributed by atoms with van der Waals surface area (Å²) in [6, 6.07) is 15.7. The number of rotatable bonds is 2. The molecule has 0 fully saturated rings. The topological polar surface area (TPSA) is 47.1 Å². The van der Waals surface area contributed by atoms with Crippen molar-refractivity contribution in [2.75, 3.05) is 11.4 Å². The summed E-state index contributed by atoms with van der Waals surface area (Å²) in [6.07, 6.45) is 3.04. The molecule has 3 aromatic heterocycles. The van der Waals surface area contributed by atoms with Gasteiger partial charge in [0.05, 0.1) is 17.7 Å². The van der Waals surface area contributed by atoms with Crippen LogP contribution in [-0.2, 0) is 20.0 Å². The first-order valence-electron chi connectivity index (χ1n) is 9.37. The third-order valence-electron chi connectivity index (χ3n) is 5.54. The van der Waals surface area contributed by atoms with Gasteiger partial charge in [0.15, 0.2) is 5.58 Å². The maximum Gasteiger partial charge on any atom is 0.298 e. The van der Waals surface area contributed by atoms with Crippen LogP contribution < -0.4 is 4.90 Å². The normalized spacial score (nSPS) is 14.1. The van der Waals surface area contributed by atoms with E-state index in [1.807, 2.05) is 11.6 Å². The number of aromatic nitrogens is 3. The van der Waals surface area contributed by atoms with E-state index in [-0.39, 0.29) is 0 Å². The van der Waals surface area contributed by atoms with Gasteiger partial charge in [-0.15, -0.1) is 11.3 Å². The number of anilines is 1. The molecule has 0 bridgehead atoms. The molecular formula is C22H18N4OS. The van der Waals surface area contributed by atoms with E-state index in [4.69, 9.17) is 9.40 Å². The average Bonchev–Trinajstić information content (AvgIpc) is 3.44. The minimum Gasteiger partial charge on any atom is -0.423 e. The van der Waals surface area contributed by atoms with Crippen molar-refractivity contribution in [3.63, 3.8) is 0 Å². The van der Waals surface area contributed by atoms with Crippen molar-refractivity contribution in [2.45, 2.75) is 13.0 Å². The van der Waals surface area contributed by atoms with E-state index in [2.05, 4.69) is 64.1 Å². The average molecular weight is 386 g/mol. The minimum absolute atomic E-state index is 0.699. The molecule has 0 unspecified atom stereocenters. The van der Waals surface area contributed by atoms with Gasteiger partial charge in [-0.2, -0.15) is 4.98 Å². The summed E-state index contributed by atoms with van der Waals surface area (Å²) in [5.41, 5.74) is 8.46. The van der Waals surface area contributed by atoms with Gasteiger partial charge in [-0.25, -0.2) is 4.98 Å². The van der Waals surface area contributed by atoms with Gasteiger partial charge in [-0.1, -0.05) is 12.1 Å². The van der Waals surface area contributed by atoms with E-state index in [0.717, 1.165) is 36.2 Å². The van der Waals surface area contributed by atoms with Crippen molar-refractivity contribution in [3.8, 4) is 11.1 Å². The first kappa shape index (κ1) is 15.9. The lowest BCUT2D eigenvalue weighted by atomic mass is 10.0. The van der Waals surface area contributed by atoms with Crippen molar-refractivity contribution in [1.29, 1.82) is 0 Å². The Morgan fingerprint density at radius 1 is 1.07 bits per heavy atom. The van der Waals surface area contributed by atoms with Crippen LogP contribution in [0.2, 0.25) is 0 Å². The summed E-state index contributed by atoms with van der Waals surface area (Å²) in [4.78, 5) is 12.7. The summed E-state index contributed by atoms with van der Waals surface area (Å²) in [5.74, 6) is 0. The third-order valence-corrected chi connectivity index (χ3v) is 6.40. The molecule has 0 N–H and O–H groups in total. The molecule has 1 aliphatic heterocycles. The van der Waals surface area contributed by atoms with E-state index in [9.17, 15) is 0 Å². The first-order chi connectivity index (χ1) is 13.7. The van der Waals surface area contributed by atoms with Crippen LogP contribution in [0.5, 0.6) is 0 Å². The van der Waals surface area contributed by atoms with E-state index in [0.29, 0.717) is 6.01 Å². The van der Waals surface area contributed by atoms with Gasteiger partial charge in [-0.05, 0) is 41.5 Å². The number of aryl methyl sites for hydroxylation is 1. The number of hydrogen-bond donors (Lipinski definition) is 0. The Morgan fingerprint density at radius 3 is 2.93 bits per heavy atom. The van der Waals surface area contributed by atoms with Crippen LogP contribution in [-0.4, -0.2) is 21.1 Å². The molecule has 0 spiro atoms. The fraction of sp³-hybridized carbons (Fsp3) is 0.182. The van der Waals surface area contributed by atoms with Crippen molar-refractivity contribution in [3.05, 3.63) is 64.7 Å². The van der Waals surface area contributed by atoms with Gasteiger partial charge >= 0.3 is 0 Å². The lowest BCUT2D eigenvalue weighted by Crippen LogP contribution is -2.29.